The molecule has 6 nitrogen and oxygen atoms in total. The zero-order valence-electron chi connectivity index (χ0n) is 12.9. The number of nitrogens with two attached hydrogens (primary N) is 1. The molecule has 0 saturated heterocycles. The Bertz CT molecular complexity index is 646. The van der Waals surface area contributed by atoms with Gasteiger partial charge in [-0.15, -0.1) is 0 Å². The predicted molar refractivity (Wildman–Crippen MR) is 83.2 cm³/mol. The van der Waals surface area contributed by atoms with Crippen molar-refractivity contribution < 1.29 is 9.53 Å². The third-order valence-electron chi connectivity index (χ3n) is 2.89. The van der Waals surface area contributed by atoms with Crippen LogP contribution in [0.2, 0.25) is 0 Å². The maximum Gasteiger partial charge on any atom is 0.240 e. The summed E-state index contributed by atoms with van der Waals surface area (Å²) in [5, 5.41) is 2.85. The molecule has 3 N–H and O–H groups in total. The fraction of sp³-hybridized carbons (Fsp3) is 0.467. The van der Waals surface area contributed by atoms with E-state index in [0.717, 1.165) is 5.52 Å². The SMILES string of the molecule is CC(C)NC(=O)Cn1c(N)nc2c(OC(C)C)cccc21. The number of benzene rings is 1. The third kappa shape index (κ3) is 3.45. The number of aromatic nitrogens is 2. The third-order valence-corrected chi connectivity index (χ3v) is 2.89. The Labute approximate surface area is 124 Å². The zero-order chi connectivity index (χ0) is 15.6. The van der Waals surface area contributed by atoms with E-state index in [2.05, 4.69) is 10.3 Å². The van der Waals surface area contributed by atoms with Gasteiger partial charge < -0.3 is 20.4 Å². The van der Waals surface area contributed by atoms with E-state index in [1.54, 1.807) is 4.57 Å². The molecule has 0 atom stereocenters. The Balaban J connectivity index is 2.37. The highest BCUT2D eigenvalue weighted by molar-refractivity contribution is 5.86. The first-order chi connectivity index (χ1) is 9.88. The molecule has 0 saturated carbocycles. The molecular formula is C15H22N4O2. The molecule has 114 valence electrons. The molecule has 1 amide bonds. The first-order valence-electron chi connectivity index (χ1n) is 7.09. The molecule has 0 fully saturated rings. The summed E-state index contributed by atoms with van der Waals surface area (Å²) in [4.78, 5) is 16.3. The van der Waals surface area contributed by atoms with Crippen molar-refractivity contribution in [1.29, 1.82) is 0 Å². The zero-order valence-corrected chi connectivity index (χ0v) is 12.9. The summed E-state index contributed by atoms with van der Waals surface area (Å²) in [5.41, 5.74) is 7.43. The summed E-state index contributed by atoms with van der Waals surface area (Å²) < 4.78 is 7.43. The largest absolute Gasteiger partial charge is 0.489 e. The fourth-order valence-corrected chi connectivity index (χ4v) is 2.17. The molecule has 0 aliphatic carbocycles. The van der Waals surface area contributed by atoms with Crippen LogP contribution >= 0.6 is 0 Å². The Kier molecular flexibility index (Phi) is 4.35. The lowest BCUT2D eigenvalue weighted by Gasteiger charge is -2.11. The fourth-order valence-electron chi connectivity index (χ4n) is 2.17. The van der Waals surface area contributed by atoms with E-state index in [1.807, 2.05) is 45.9 Å². The van der Waals surface area contributed by atoms with E-state index in [4.69, 9.17) is 10.5 Å². The van der Waals surface area contributed by atoms with Crippen LogP contribution < -0.4 is 15.8 Å². The summed E-state index contributed by atoms with van der Waals surface area (Å²) in [6.07, 6.45) is 0.0474. The van der Waals surface area contributed by atoms with Crippen LogP contribution in [0.5, 0.6) is 5.75 Å². The number of carbonyl (C=O) groups is 1. The summed E-state index contributed by atoms with van der Waals surface area (Å²) in [6.45, 7) is 7.89. The number of amides is 1. The lowest BCUT2D eigenvalue weighted by molar-refractivity contribution is -0.122. The number of imidazole rings is 1. The van der Waals surface area contributed by atoms with Crippen LogP contribution in [0.25, 0.3) is 11.0 Å². The highest BCUT2D eigenvalue weighted by atomic mass is 16.5. The molecule has 1 heterocycles. The van der Waals surface area contributed by atoms with Crippen molar-refractivity contribution in [3.63, 3.8) is 0 Å². The van der Waals surface area contributed by atoms with E-state index >= 15 is 0 Å². The predicted octanol–water partition coefficient (Wildman–Crippen LogP) is 1.93. The minimum absolute atomic E-state index is 0.0474. The van der Waals surface area contributed by atoms with E-state index < -0.39 is 0 Å². The van der Waals surface area contributed by atoms with E-state index in [9.17, 15) is 4.79 Å². The number of carbonyl (C=O) groups excluding carboxylic acids is 1. The van der Waals surface area contributed by atoms with Gasteiger partial charge in [0, 0.05) is 6.04 Å². The summed E-state index contributed by atoms with van der Waals surface area (Å²) >= 11 is 0. The number of rotatable bonds is 5. The number of hydrogen-bond acceptors (Lipinski definition) is 4. The molecule has 0 radical (unpaired) electrons. The maximum atomic E-state index is 11.9. The number of ether oxygens (including phenoxy) is 1. The van der Waals surface area contributed by atoms with Crippen LogP contribution in [0.15, 0.2) is 18.2 Å². The Morgan fingerprint density at radius 3 is 2.71 bits per heavy atom. The number of nitrogens with one attached hydrogen (secondary N) is 1. The van der Waals surface area contributed by atoms with Gasteiger partial charge in [0.25, 0.3) is 0 Å². The normalized spacial score (nSPS) is 11.3. The minimum atomic E-state index is -0.0915. The van der Waals surface area contributed by atoms with Crippen molar-refractivity contribution in [3.8, 4) is 5.75 Å². The molecule has 21 heavy (non-hydrogen) atoms. The maximum absolute atomic E-state index is 11.9. The first-order valence-corrected chi connectivity index (χ1v) is 7.09. The lowest BCUT2D eigenvalue weighted by Crippen LogP contribution is -2.33. The van der Waals surface area contributed by atoms with Gasteiger partial charge in [-0.3, -0.25) is 4.79 Å². The molecular weight excluding hydrogens is 268 g/mol. The monoisotopic (exact) mass is 290 g/mol. The van der Waals surface area contributed by atoms with Gasteiger partial charge in [-0.05, 0) is 39.8 Å². The average molecular weight is 290 g/mol. The summed E-state index contributed by atoms with van der Waals surface area (Å²) in [6, 6.07) is 5.70. The van der Waals surface area contributed by atoms with Gasteiger partial charge in [-0.2, -0.15) is 0 Å². The van der Waals surface area contributed by atoms with Gasteiger partial charge in [0.05, 0.1) is 11.6 Å². The Hall–Kier alpha value is -2.24. The van der Waals surface area contributed by atoms with Gasteiger partial charge in [0.15, 0.2) is 0 Å². The molecule has 2 aromatic rings. The van der Waals surface area contributed by atoms with Crippen LogP contribution in [-0.2, 0) is 11.3 Å². The first kappa shape index (κ1) is 15.2. The van der Waals surface area contributed by atoms with Gasteiger partial charge in [-0.25, -0.2) is 4.98 Å². The second-order valence-corrected chi connectivity index (χ2v) is 5.57. The van der Waals surface area contributed by atoms with Gasteiger partial charge in [0.1, 0.15) is 17.8 Å². The second kappa shape index (κ2) is 6.03. The summed E-state index contributed by atoms with van der Waals surface area (Å²) in [5.74, 6) is 0.895. The Morgan fingerprint density at radius 1 is 1.38 bits per heavy atom. The van der Waals surface area contributed by atoms with Crippen LogP contribution in [0.1, 0.15) is 27.7 Å². The van der Waals surface area contributed by atoms with Crippen molar-refractivity contribution in [2.24, 2.45) is 0 Å². The standard InChI is InChI=1S/C15H22N4O2/c1-9(2)17-13(20)8-19-11-6-5-7-12(21-10(3)4)14(11)18-15(19)16/h5-7,9-10H,8H2,1-4H3,(H2,16,18)(H,17,20). The minimum Gasteiger partial charge on any atom is -0.489 e. The lowest BCUT2D eigenvalue weighted by atomic mass is 10.3. The molecule has 0 bridgehead atoms. The van der Waals surface area contributed by atoms with Crippen molar-refractivity contribution in [2.45, 2.75) is 46.4 Å². The molecule has 0 spiro atoms. The number of para-hydroxylation sites is 1. The van der Waals surface area contributed by atoms with Crippen molar-refractivity contribution >= 4 is 22.9 Å². The number of anilines is 1. The van der Waals surface area contributed by atoms with Crippen molar-refractivity contribution in [3.05, 3.63) is 18.2 Å². The van der Waals surface area contributed by atoms with Crippen LogP contribution in [0, 0.1) is 0 Å². The molecule has 2 rings (SSSR count). The van der Waals surface area contributed by atoms with Gasteiger partial charge >= 0.3 is 0 Å². The molecule has 0 aliphatic heterocycles. The molecule has 0 unspecified atom stereocenters. The van der Waals surface area contributed by atoms with E-state index in [1.165, 1.54) is 0 Å². The average Bonchev–Trinajstić information content (AvgIpc) is 2.66. The number of nitrogens with zero attached hydrogens (tertiary/aromatic N) is 2. The van der Waals surface area contributed by atoms with Crippen molar-refractivity contribution in [1.82, 2.24) is 14.9 Å². The highest BCUT2D eigenvalue weighted by Gasteiger charge is 2.15. The van der Waals surface area contributed by atoms with Gasteiger partial charge in [0.2, 0.25) is 11.9 Å². The molecule has 0 aliphatic rings. The molecule has 6 heteroatoms. The summed E-state index contributed by atoms with van der Waals surface area (Å²) in [7, 11) is 0. The van der Waals surface area contributed by atoms with E-state index in [0.29, 0.717) is 17.2 Å². The topological polar surface area (TPSA) is 82.2 Å². The van der Waals surface area contributed by atoms with E-state index in [-0.39, 0.29) is 24.6 Å². The number of fused-ring (bicyclic) bond motifs is 1. The smallest absolute Gasteiger partial charge is 0.240 e. The van der Waals surface area contributed by atoms with Gasteiger partial charge in [-0.1, -0.05) is 6.07 Å². The number of nitrogen functional groups attached to an aromatic ring is 1. The quantitative estimate of drug-likeness (QED) is 0.881. The molecule has 1 aromatic heterocycles. The van der Waals surface area contributed by atoms with Crippen LogP contribution in [-0.4, -0.2) is 27.6 Å². The van der Waals surface area contributed by atoms with Crippen molar-refractivity contribution in [2.75, 3.05) is 5.73 Å². The van der Waals surface area contributed by atoms with Crippen LogP contribution in [0.3, 0.4) is 0 Å². The number of hydrogen-bond donors (Lipinski definition) is 2. The second-order valence-electron chi connectivity index (χ2n) is 5.57. The molecule has 1 aromatic carbocycles. The van der Waals surface area contributed by atoms with Crippen LogP contribution in [0.4, 0.5) is 5.95 Å². The highest BCUT2D eigenvalue weighted by Crippen LogP contribution is 2.27. The Morgan fingerprint density at radius 2 is 2.10 bits per heavy atom.